The Hall–Kier alpha value is -3.34. The van der Waals surface area contributed by atoms with E-state index in [0.717, 1.165) is 22.5 Å². The maximum atomic E-state index is 12.5. The highest BCUT2D eigenvalue weighted by molar-refractivity contribution is 5.90. The summed E-state index contributed by atoms with van der Waals surface area (Å²) in [7, 11) is 1.68. The predicted octanol–water partition coefficient (Wildman–Crippen LogP) is 4.35. The van der Waals surface area contributed by atoms with E-state index in [0.29, 0.717) is 38.0 Å². The highest BCUT2D eigenvalue weighted by Gasteiger charge is 2.20. The van der Waals surface area contributed by atoms with Crippen LogP contribution < -0.4 is 5.32 Å². The van der Waals surface area contributed by atoms with Crippen molar-refractivity contribution in [2.24, 2.45) is 0 Å². The van der Waals surface area contributed by atoms with E-state index in [1.54, 1.807) is 7.05 Å². The van der Waals surface area contributed by atoms with E-state index in [9.17, 15) is 9.59 Å². The van der Waals surface area contributed by atoms with Gasteiger partial charge in [0.15, 0.2) is 0 Å². The van der Waals surface area contributed by atoms with Crippen LogP contribution in [0, 0.1) is 25.2 Å². The third kappa shape index (κ3) is 7.41. The van der Waals surface area contributed by atoms with Crippen LogP contribution in [-0.2, 0) is 29.0 Å². The second-order valence-electron chi connectivity index (χ2n) is 8.87. The molecule has 2 amide bonds. The van der Waals surface area contributed by atoms with Gasteiger partial charge in [-0.2, -0.15) is 10.4 Å². The number of carbonyl (C=O) groups is 2. The van der Waals surface area contributed by atoms with E-state index in [2.05, 4.69) is 16.5 Å². The molecule has 0 radical (unpaired) electrons. The van der Waals surface area contributed by atoms with Crippen molar-refractivity contribution < 1.29 is 14.3 Å². The normalized spacial score (nSPS) is 11.0. The van der Waals surface area contributed by atoms with Crippen molar-refractivity contribution in [2.45, 2.75) is 72.6 Å². The minimum absolute atomic E-state index is 0.0915. The summed E-state index contributed by atoms with van der Waals surface area (Å²) in [5, 5.41) is 16.2. The summed E-state index contributed by atoms with van der Waals surface area (Å²) in [4.78, 5) is 26.2. The number of nitrogens with zero attached hydrogens (tertiary/aromatic N) is 4. The summed E-state index contributed by atoms with van der Waals surface area (Å²) in [5.41, 5.74) is 3.96. The van der Waals surface area contributed by atoms with Gasteiger partial charge in [0, 0.05) is 31.4 Å². The number of hydrogen-bond donors (Lipinski definition) is 1. The van der Waals surface area contributed by atoms with Crippen LogP contribution in [0.25, 0.3) is 0 Å². The minimum Gasteiger partial charge on any atom is -0.444 e. The van der Waals surface area contributed by atoms with Crippen molar-refractivity contribution in [2.75, 3.05) is 12.4 Å². The Morgan fingerprint density at radius 1 is 1.28 bits per heavy atom. The smallest absolute Gasteiger partial charge is 0.410 e. The van der Waals surface area contributed by atoms with Crippen molar-refractivity contribution >= 4 is 17.7 Å². The quantitative estimate of drug-likeness (QED) is 0.659. The number of benzene rings is 1. The standard InChI is InChI=1S/C24H33N5O3/c1-17-21(18(2)29(27-17)14-8-13-25)11-12-22(30)26-20-10-7-9-19(15-20)16-28(6)23(31)32-24(3,4)5/h7,9-10,15H,8,11-12,14,16H2,1-6H3,(H,26,30). The van der Waals surface area contributed by atoms with Gasteiger partial charge in [0.2, 0.25) is 5.91 Å². The summed E-state index contributed by atoms with van der Waals surface area (Å²) < 4.78 is 7.21. The van der Waals surface area contributed by atoms with Gasteiger partial charge >= 0.3 is 6.09 Å². The average molecular weight is 440 g/mol. The third-order valence-corrected chi connectivity index (χ3v) is 4.90. The molecule has 0 aliphatic rings. The van der Waals surface area contributed by atoms with Gasteiger partial charge in [0.1, 0.15) is 5.60 Å². The van der Waals surface area contributed by atoms with Crippen LogP contribution in [-0.4, -0.2) is 39.3 Å². The molecule has 0 bridgehead atoms. The van der Waals surface area contributed by atoms with E-state index in [4.69, 9.17) is 10.00 Å². The van der Waals surface area contributed by atoms with Crippen LogP contribution in [0.4, 0.5) is 10.5 Å². The number of nitriles is 1. The number of rotatable bonds is 8. The molecular weight excluding hydrogens is 406 g/mol. The van der Waals surface area contributed by atoms with Crippen molar-refractivity contribution in [1.82, 2.24) is 14.7 Å². The van der Waals surface area contributed by atoms with Gasteiger partial charge in [-0.3, -0.25) is 9.48 Å². The Bertz CT molecular complexity index is 998. The van der Waals surface area contributed by atoms with E-state index in [1.807, 2.05) is 63.6 Å². The lowest BCUT2D eigenvalue weighted by Gasteiger charge is -2.24. The molecule has 0 unspecified atom stereocenters. The fraction of sp³-hybridized carbons (Fsp3) is 0.500. The first kappa shape index (κ1) is 24.9. The second kappa shape index (κ2) is 10.8. The van der Waals surface area contributed by atoms with Crippen LogP contribution in [0.3, 0.4) is 0 Å². The van der Waals surface area contributed by atoms with Gasteiger partial charge in [0.25, 0.3) is 0 Å². The number of aryl methyl sites for hydroxylation is 2. The number of carbonyl (C=O) groups excluding carboxylic acids is 2. The molecule has 8 nitrogen and oxygen atoms in total. The van der Waals surface area contributed by atoms with E-state index >= 15 is 0 Å². The van der Waals surface area contributed by atoms with E-state index in [-0.39, 0.29) is 5.91 Å². The highest BCUT2D eigenvalue weighted by Crippen LogP contribution is 2.18. The number of anilines is 1. The minimum atomic E-state index is -0.551. The molecule has 0 aliphatic heterocycles. The monoisotopic (exact) mass is 439 g/mol. The molecule has 1 aromatic heterocycles. The molecule has 0 saturated heterocycles. The Morgan fingerprint density at radius 3 is 2.66 bits per heavy atom. The van der Waals surface area contributed by atoms with Gasteiger partial charge in [-0.05, 0) is 64.3 Å². The number of hydrogen-bond acceptors (Lipinski definition) is 5. The van der Waals surface area contributed by atoms with Crippen LogP contribution in [0.1, 0.15) is 56.1 Å². The largest absolute Gasteiger partial charge is 0.444 e. The van der Waals surface area contributed by atoms with E-state index in [1.165, 1.54) is 4.90 Å². The summed E-state index contributed by atoms with van der Waals surface area (Å²) >= 11 is 0. The van der Waals surface area contributed by atoms with Crippen LogP contribution in [0.5, 0.6) is 0 Å². The van der Waals surface area contributed by atoms with Crippen LogP contribution >= 0.6 is 0 Å². The first-order valence-electron chi connectivity index (χ1n) is 10.7. The summed E-state index contributed by atoms with van der Waals surface area (Å²) in [6.45, 7) is 10.3. The van der Waals surface area contributed by atoms with E-state index < -0.39 is 11.7 Å². The van der Waals surface area contributed by atoms with Gasteiger partial charge in [0.05, 0.1) is 24.7 Å². The molecule has 1 N–H and O–H groups in total. The molecule has 1 aromatic carbocycles. The molecule has 0 atom stereocenters. The molecule has 8 heteroatoms. The van der Waals surface area contributed by atoms with Crippen LogP contribution in [0.15, 0.2) is 24.3 Å². The molecule has 32 heavy (non-hydrogen) atoms. The second-order valence-corrected chi connectivity index (χ2v) is 8.87. The lowest BCUT2D eigenvalue weighted by atomic mass is 10.1. The molecule has 2 aromatic rings. The van der Waals surface area contributed by atoms with Gasteiger partial charge < -0.3 is 15.0 Å². The highest BCUT2D eigenvalue weighted by atomic mass is 16.6. The van der Waals surface area contributed by atoms with Gasteiger partial charge in [-0.1, -0.05) is 12.1 Å². The SMILES string of the molecule is Cc1nn(CCC#N)c(C)c1CCC(=O)Nc1cccc(CN(C)C(=O)OC(C)(C)C)c1. The van der Waals surface area contributed by atoms with Gasteiger partial charge in [-0.15, -0.1) is 0 Å². The first-order valence-corrected chi connectivity index (χ1v) is 10.7. The fourth-order valence-electron chi connectivity index (χ4n) is 3.36. The molecule has 172 valence electrons. The number of ether oxygens (including phenoxy) is 1. The number of amides is 2. The lowest BCUT2D eigenvalue weighted by Crippen LogP contribution is -2.33. The van der Waals surface area contributed by atoms with Crippen molar-refractivity contribution in [3.63, 3.8) is 0 Å². The zero-order chi connectivity index (χ0) is 23.9. The molecule has 0 spiro atoms. The third-order valence-electron chi connectivity index (χ3n) is 4.90. The molecule has 0 saturated carbocycles. The zero-order valence-corrected chi connectivity index (χ0v) is 19.9. The summed E-state index contributed by atoms with van der Waals surface area (Å²) in [5.74, 6) is -0.0915. The predicted molar refractivity (Wildman–Crippen MR) is 123 cm³/mol. The average Bonchev–Trinajstić information content (AvgIpc) is 2.96. The molecular formula is C24H33N5O3. The molecule has 1 heterocycles. The summed E-state index contributed by atoms with van der Waals surface area (Å²) in [6, 6.07) is 9.56. The Kier molecular flexibility index (Phi) is 8.41. The number of aromatic nitrogens is 2. The topological polar surface area (TPSA) is 100 Å². The lowest BCUT2D eigenvalue weighted by molar-refractivity contribution is -0.116. The molecule has 2 rings (SSSR count). The van der Waals surface area contributed by atoms with Crippen molar-refractivity contribution in [3.8, 4) is 6.07 Å². The first-order chi connectivity index (χ1) is 15.0. The molecule has 0 aliphatic carbocycles. The van der Waals surface area contributed by atoms with Gasteiger partial charge in [-0.25, -0.2) is 4.79 Å². The van der Waals surface area contributed by atoms with Crippen LogP contribution in [0.2, 0.25) is 0 Å². The van der Waals surface area contributed by atoms with Crippen molar-refractivity contribution in [1.29, 1.82) is 5.26 Å². The summed E-state index contributed by atoms with van der Waals surface area (Å²) in [6.07, 6.45) is 0.916. The fourth-order valence-corrected chi connectivity index (χ4v) is 3.36. The Balaban J connectivity index is 1.94. The zero-order valence-electron chi connectivity index (χ0n) is 19.9. The maximum Gasteiger partial charge on any atom is 0.410 e. The number of nitrogens with one attached hydrogen (secondary N) is 1. The Labute approximate surface area is 190 Å². The van der Waals surface area contributed by atoms with Crippen molar-refractivity contribution in [3.05, 3.63) is 46.8 Å². The Morgan fingerprint density at radius 2 is 2.00 bits per heavy atom. The molecule has 0 fully saturated rings. The maximum absolute atomic E-state index is 12.5.